The van der Waals surface area contributed by atoms with Gasteiger partial charge in [0.2, 0.25) is 0 Å². The molecule has 2 atom stereocenters. The normalized spacial score (nSPS) is 18.9. The van der Waals surface area contributed by atoms with Crippen molar-refractivity contribution in [2.45, 2.75) is 25.6 Å². The first-order valence-electron chi connectivity index (χ1n) is 8.44. The maximum absolute atomic E-state index is 11.3. The number of anilines is 1. The number of rotatable bonds is 5. The fourth-order valence-electron chi connectivity index (χ4n) is 3.18. The van der Waals surface area contributed by atoms with Crippen molar-refractivity contribution < 1.29 is 24.1 Å². The standard InChI is InChI=1S/C20H21NO5S/c1-11-7-8-14-13(9-11)18(26-16(10-17(22)23)20(27)21-14)12-5-4-6-15(24-2)19(12)25-3/h4-9,16,18H,10H2,1-3H3,(H,21,27)(H,22,23)/t16-,18-/m0/s1. The molecule has 0 unspecified atom stereocenters. The van der Waals surface area contributed by atoms with Crippen molar-refractivity contribution in [3.05, 3.63) is 53.1 Å². The first-order chi connectivity index (χ1) is 12.9. The Morgan fingerprint density at radius 1 is 1.22 bits per heavy atom. The molecule has 27 heavy (non-hydrogen) atoms. The molecule has 7 heteroatoms. The van der Waals surface area contributed by atoms with Gasteiger partial charge in [-0.3, -0.25) is 4.79 Å². The van der Waals surface area contributed by atoms with Gasteiger partial charge in [-0.15, -0.1) is 0 Å². The maximum atomic E-state index is 11.3. The van der Waals surface area contributed by atoms with Crippen LogP contribution in [0.1, 0.15) is 29.2 Å². The molecule has 0 aliphatic carbocycles. The first kappa shape index (κ1) is 19.1. The minimum atomic E-state index is -0.984. The number of nitrogens with one attached hydrogen (secondary N) is 1. The average Bonchev–Trinajstić information content (AvgIpc) is 2.77. The Morgan fingerprint density at radius 2 is 2.00 bits per heavy atom. The van der Waals surface area contributed by atoms with Crippen molar-refractivity contribution in [1.29, 1.82) is 0 Å². The van der Waals surface area contributed by atoms with Crippen molar-refractivity contribution in [2.75, 3.05) is 19.5 Å². The summed E-state index contributed by atoms with van der Waals surface area (Å²) in [5.74, 6) is 0.129. The van der Waals surface area contributed by atoms with Gasteiger partial charge in [-0.1, -0.05) is 42.0 Å². The third kappa shape index (κ3) is 3.89. The number of carboxylic acid groups (broad SMARTS) is 1. The summed E-state index contributed by atoms with van der Waals surface area (Å²) >= 11 is 5.40. The van der Waals surface area contributed by atoms with E-state index >= 15 is 0 Å². The number of thiocarbonyl (C=S) groups is 1. The molecule has 0 fully saturated rings. The molecule has 1 aliphatic heterocycles. The molecule has 0 aromatic heterocycles. The van der Waals surface area contributed by atoms with Crippen molar-refractivity contribution in [3.63, 3.8) is 0 Å². The zero-order valence-electron chi connectivity index (χ0n) is 15.3. The second-order valence-corrected chi connectivity index (χ2v) is 6.71. The summed E-state index contributed by atoms with van der Waals surface area (Å²) in [5, 5.41) is 12.4. The predicted octanol–water partition coefficient (Wildman–Crippen LogP) is 3.71. The fraction of sp³-hybridized carbons (Fsp3) is 0.300. The number of methoxy groups -OCH3 is 2. The van der Waals surface area contributed by atoms with Gasteiger partial charge >= 0.3 is 5.97 Å². The minimum Gasteiger partial charge on any atom is -0.493 e. The molecule has 1 aliphatic rings. The molecule has 2 aromatic carbocycles. The van der Waals surface area contributed by atoms with E-state index in [0.717, 1.165) is 22.4 Å². The molecule has 0 amide bonds. The molecule has 6 nitrogen and oxygen atoms in total. The third-order valence-electron chi connectivity index (χ3n) is 4.42. The van der Waals surface area contributed by atoms with E-state index in [1.807, 2.05) is 37.3 Å². The number of hydrogen-bond donors (Lipinski definition) is 2. The minimum absolute atomic E-state index is 0.235. The second-order valence-electron chi connectivity index (χ2n) is 6.27. The molecule has 0 radical (unpaired) electrons. The summed E-state index contributed by atoms with van der Waals surface area (Å²) in [5.41, 5.74) is 3.43. The lowest BCUT2D eigenvalue weighted by Gasteiger charge is -2.24. The van der Waals surface area contributed by atoms with Gasteiger partial charge in [0, 0.05) is 16.8 Å². The van der Waals surface area contributed by atoms with Crippen molar-refractivity contribution in [2.24, 2.45) is 0 Å². The van der Waals surface area contributed by atoms with E-state index in [-0.39, 0.29) is 6.42 Å². The van der Waals surface area contributed by atoms with Crippen LogP contribution in [0.5, 0.6) is 11.5 Å². The molecule has 0 spiro atoms. The monoisotopic (exact) mass is 387 g/mol. The molecule has 0 bridgehead atoms. The summed E-state index contributed by atoms with van der Waals surface area (Å²) < 4.78 is 17.2. The lowest BCUT2D eigenvalue weighted by atomic mass is 9.97. The van der Waals surface area contributed by atoms with Gasteiger partial charge in [0.25, 0.3) is 0 Å². The third-order valence-corrected chi connectivity index (χ3v) is 4.78. The number of carbonyl (C=O) groups is 1. The van der Waals surface area contributed by atoms with Gasteiger partial charge < -0.3 is 24.6 Å². The highest BCUT2D eigenvalue weighted by Gasteiger charge is 2.33. The van der Waals surface area contributed by atoms with Gasteiger partial charge in [0.15, 0.2) is 11.5 Å². The molecule has 0 saturated carbocycles. The van der Waals surface area contributed by atoms with E-state index in [4.69, 9.17) is 26.4 Å². The Bertz CT molecular complexity index is 883. The average molecular weight is 387 g/mol. The van der Waals surface area contributed by atoms with Crippen LogP contribution in [0.15, 0.2) is 36.4 Å². The number of fused-ring (bicyclic) bond motifs is 1. The van der Waals surface area contributed by atoms with Crippen molar-refractivity contribution >= 4 is 28.9 Å². The lowest BCUT2D eigenvalue weighted by molar-refractivity contribution is -0.139. The Kier molecular flexibility index (Phi) is 5.62. The number of aryl methyl sites for hydroxylation is 1. The molecule has 0 saturated heterocycles. The van der Waals surface area contributed by atoms with E-state index in [1.54, 1.807) is 20.3 Å². The van der Waals surface area contributed by atoms with E-state index in [2.05, 4.69) is 5.32 Å². The number of ether oxygens (including phenoxy) is 3. The van der Waals surface area contributed by atoms with Crippen LogP contribution < -0.4 is 14.8 Å². The van der Waals surface area contributed by atoms with Gasteiger partial charge in [0.1, 0.15) is 17.2 Å². The van der Waals surface area contributed by atoms with E-state index in [1.165, 1.54) is 0 Å². The quantitative estimate of drug-likeness (QED) is 0.757. The van der Waals surface area contributed by atoms with Crippen molar-refractivity contribution in [1.82, 2.24) is 0 Å². The van der Waals surface area contributed by atoms with Crippen LogP contribution in [0, 0.1) is 6.92 Å². The SMILES string of the molecule is COc1cccc([C@@H]2O[C@@H](CC(=O)O)C(=S)Nc3ccc(C)cc32)c1OC. The smallest absolute Gasteiger partial charge is 0.306 e. The van der Waals surface area contributed by atoms with Crippen LogP contribution in [-0.2, 0) is 9.53 Å². The van der Waals surface area contributed by atoms with Gasteiger partial charge in [-0.25, -0.2) is 0 Å². The Labute approximate surface area is 163 Å². The summed E-state index contributed by atoms with van der Waals surface area (Å²) in [4.78, 5) is 11.6. The molecule has 2 aromatic rings. The van der Waals surface area contributed by atoms with Gasteiger partial charge in [0.05, 0.1) is 20.6 Å². The van der Waals surface area contributed by atoms with Gasteiger partial charge in [-0.2, -0.15) is 0 Å². The van der Waals surface area contributed by atoms with Crippen LogP contribution in [-0.4, -0.2) is 36.4 Å². The Hall–Kier alpha value is -2.64. The number of hydrogen-bond acceptors (Lipinski definition) is 5. The largest absolute Gasteiger partial charge is 0.493 e. The predicted molar refractivity (Wildman–Crippen MR) is 106 cm³/mol. The number of aliphatic carboxylic acids is 1. The Balaban J connectivity index is 2.18. The number of para-hydroxylation sites is 1. The van der Waals surface area contributed by atoms with Crippen molar-refractivity contribution in [3.8, 4) is 11.5 Å². The van der Waals surface area contributed by atoms with Crippen LogP contribution in [0.4, 0.5) is 5.69 Å². The zero-order valence-corrected chi connectivity index (χ0v) is 16.1. The Morgan fingerprint density at radius 3 is 2.67 bits per heavy atom. The highest BCUT2D eigenvalue weighted by molar-refractivity contribution is 7.80. The second kappa shape index (κ2) is 7.94. The molecular weight excluding hydrogens is 366 g/mol. The van der Waals surface area contributed by atoms with E-state index < -0.39 is 18.2 Å². The molecule has 3 rings (SSSR count). The molecule has 1 heterocycles. The lowest BCUT2D eigenvalue weighted by Crippen LogP contribution is -2.30. The fourth-order valence-corrected chi connectivity index (χ4v) is 3.43. The molecule has 142 valence electrons. The number of carboxylic acids is 1. The summed E-state index contributed by atoms with van der Waals surface area (Å²) in [6.45, 7) is 1.98. The highest BCUT2D eigenvalue weighted by Crippen LogP contribution is 2.43. The molecule has 2 N–H and O–H groups in total. The highest BCUT2D eigenvalue weighted by atomic mass is 32.1. The summed E-state index contributed by atoms with van der Waals surface area (Å²) in [6, 6.07) is 11.4. The topological polar surface area (TPSA) is 77.0 Å². The van der Waals surface area contributed by atoms with Crippen LogP contribution in [0.25, 0.3) is 0 Å². The van der Waals surface area contributed by atoms with Crippen LogP contribution in [0.2, 0.25) is 0 Å². The summed E-state index contributed by atoms with van der Waals surface area (Å²) in [6.07, 6.45) is -1.57. The van der Waals surface area contributed by atoms with Crippen LogP contribution >= 0.6 is 12.2 Å². The van der Waals surface area contributed by atoms with Crippen LogP contribution in [0.3, 0.4) is 0 Å². The summed E-state index contributed by atoms with van der Waals surface area (Å²) in [7, 11) is 3.13. The van der Waals surface area contributed by atoms with E-state index in [9.17, 15) is 9.90 Å². The van der Waals surface area contributed by atoms with Gasteiger partial charge in [-0.05, 0) is 19.1 Å². The van der Waals surface area contributed by atoms with E-state index in [0.29, 0.717) is 16.5 Å². The number of benzene rings is 2. The maximum Gasteiger partial charge on any atom is 0.306 e. The zero-order chi connectivity index (χ0) is 19.6. The molecular formula is C20H21NO5S. The first-order valence-corrected chi connectivity index (χ1v) is 8.85.